The van der Waals surface area contributed by atoms with E-state index in [1.54, 1.807) is 0 Å². The summed E-state index contributed by atoms with van der Waals surface area (Å²) in [7, 11) is 0. The van der Waals surface area contributed by atoms with E-state index in [0.29, 0.717) is 0 Å². The fourth-order valence-corrected chi connectivity index (χ4v) is 1.16. The van der Waals surface area contributed by atoms with E-state index in [9.17, 15) is 23.3 Å². The van der Waals surface area contributed by atoms with Gasteiger partial charge < -0.3 is 5.73 Å². The highest BCUT2D eigenvalue weighted by Gasteiger charge is 2.36. The Balaban J connectivity index is 3.32. The maximum atomic E-state index is 13.3. The molecular formula is C9H9F3N2O2. The van der Waals surface area contributed by atoms with Crippen LogP contribution in [0.3, 0.4) is 0 Å². The minimum atomic E-state index is -3.02. The van der Waals surface area contributed by atoms with Crippen molar-refractivity contribution in [3.63, 3.8) is 0 Å². The number of rotatable bonds is 3. The summed E-state index contributed by atoms with van der Waals surface area (Å²) < 4.78 is 38.4. The summed E-state index contributed by atoms with van der Waals surface area (Å²) in [4.78, 5) is 9.61. The third-order valence-corrected chi connectivity index (χ3v) is 2.19. The Morgan fingerprint density at radius 2 is 2.06 bits per heavy atom. The van der Waals surface area contributed by atoms with Crippen molar-refractivity contribution >= 4 is 5.69 Å². The highest BCUT2D eigenvalue weighted by atomic mass is 19.3. The van der Waals surface area contributed by atoms with Crippen LogP contribution in [0.25, 0.3) is 0 Å². The molecular weight excluding hydrogens is 225 g/mol. The van der Waals surface area contributed by atoms with E-state index in [1.165, 1.54) is 0 Å². The first-order valence-corrected chi connectivity index (χ1v) is 4.28. The fraction of sp³-hybridized carbons (Fsp3) is 0.333. The molecule has 1 unspecified atom stereocenters. The van der Waals surface area contributed by atoms with E-state index in [0.717, 1.165) is 25.1 Å². The molecule has 1 rings (SSSR count). The average Bonchev–Trinajstić information content (AvgIpc) is 2.17. The molecule has 0 amide bonds. The Hall–Kier alpha value is -1.63. The topological polar surface area (TPSA) is 69.2 Å². The van der Waals surface area contributed by atoms with Crippen molar-refractivity contribution in [3.05, 3.63) is 39.7 Å². The van der Waals surface area contributed by atoms with Crippen molar-refractivity contribution in [3.8, 4) is 0 Å². The van der Waals surface area contributed by atoms with Crippen molar-refractivity contribution in [2.45, 2.75) is 18.9 Å². The van der Waals surface area contributed by atoms with Crippen LogP contribution in [-0.4, -0.2) is 11.3 Å². The van der Waals surface area contributed by atoms with Crippen molar-refractivity contribution in [2.24, 2.45) is 5.73 Å². The fourth-order valence-electron chi connectivity index (χ4n) is 1.16. The molecule has 0 spiro atoms. The summed E-state index contributed by atoms with van der Waals surface area (Å²) >= 11 is 0. The number of hydrogen-bond donors (Lipinski definition) is 1. The van der Waals surface area contributed by atoms with Crippen LogP contribution in [-0.2, 0) is 5.54 Å². The largest absolute Gasteiger partial charge is 0.317 e. The van der Waals surface area contributed by atoms with Gasteiger partial charge in [0, 0.05) is 17.7 Å². The normalized spacial score (nSPS) is 14.9. The molecule has 0 aliphatic heterocycles. The second-order valence-electron chi connectivity index (χ2n) is 3.50. The molecule has 0 aliphatic rings. The maximum absolute atomic E-state index is 13.3. The number of nitrogens with zero attached hydrogens (tertiary/aromatic N) is 1. The second kappa shape index (κ2) is 4.09. The first-order chi connectivity index (χ1) is 7.26. The van der Waals surface area contributed by atoms with Crippen molar-refractivity contribution in [1.29, 1.82) is 0 Å². The monoisotopic (exact) mass is 234 g/mol. The third kappa shape index (κ3) is 2.13. The summed E-state index contributed by atoms with van der Waals surface area (Å²) in [6.07, 6.45) is -3.02. The lowest BCUT2D eigenvalue weighted by atomic mass is 9.93. The Morgan fingerprint density at radius 1 is 1.50 bits per heavy atom. The molecule has 7 heteroatoms. The second-order valence-corrected chi connectivity index (χ2v) is 3.50. The molecule has 4 nitrogen and oxygen atoms in total. The molecule has 1 aromatic rings. The zero-order valence-corrected chi connectivity index (χ0v) is 8.28. The lowest BCUT2D eigenvalue weighted by molar-refractivity contribution is -0.385. The first kappa shape index (κ1) is 12.4. The van der Waals surface area contributed by atoms with Crippen LogP contribution in [0.2, 0.25) is 0 Å². The summed E-state index contributed by atoms with van der Waals surface area (Å²) in [6, 6.07) is 2.36. The summed E-state index contributed by atoms with van der Waals surface area (Å²) in [5.41, 5.74) is 1.93. The molecule has 1 aromatic carbocycles. The first-order valence-electron chi connectivity index (χ1n) is 4.28. The number of non-ortho nitro benzene ring substituents is 1. The van der Waals surface area contributed by atoms with Crippen LogP contribution in [0, 0.1) is 15.9 Å². The zero-order chi connectivity index (χ0) is 12.5. The standard InChI is InChI=1S/C9H9F3N2O2/c1-9(13,8(11)12)6-4-5(14(15)16)2-3-7(6)10/h2-4,8H,13H2,1H3. The molecule has 0 saturated heterocycles. The van der Waals surface area contributed by atoms with Crippen LogP contribution in [0.1, 0.15) is 12.5 Å². The Kier molecular flexibility index (Phi) is 3.18. The molecule has 0 bridgehead atoms. The number of benzene rings is 1. The molecule has 88 valence electrons. The molecule has 0 radical (unpaired) electrons. The van der Waals surface area contributed by atoms with E-state index < -0.39 is 34.0 Å². The average molecular weight is 234 g/mol. The summed E-state index contributed by atoms with van der Waals surface area (Å²) in [6.45, 7) is 0.916. The predicted octanol–water partition coefficient (Wildman–Crippen LogP) is 2.17. The highest BCUT2D eigenvalue weighted by molar-refractivity contribution is 5.39. The molecule has 0 heterocycles. The van der Waals surface area contributed by atoms with Gasteiger partial charge in [0.2, 0.25) is 0 Å². The smallest absolute Gasteiger partial charge is 0.269 e. The van der Waals surface area contributed by atoms with Crippen LogP contribution in [0.4, 0.5) is 18.9 Å². The SMILES string of the molecule is CC(N)(c1cc([N+](=O)[O-])ccc1F)C(F)F. The minimum absolute atomic E-state index is 0.478. The van der Waals surface area contributed by atoms with E-state index >= 15 is 0 Å². The maximum Gasteiger partial charge on any atom is 0.269 e. The van der Waals surface area contributed by atoms with Gasteiger partial charge in [0.1, 0.15) is 11.4 Å². The highest BCUT2D eigenvalue weighted by Crippen LogP contribution is 2.30. The van der Waals surface area contributed by atoms with Gasteiger partial charge in [0.05, 0.1) is 4.92 Å². The number of nitro groups is 1. The van der Waals surface area contributed by atoms with Gasteiger partial charge >= 0.3 is 0 Å². The summed E-state index contributed by atoms with van der Waals surface area (Å²) in [5, 5.41) is 10.4. The van der Waals surface area contributed by atoms with E-state index in [-0.39, 0.29) is 0 Å². The third-order valence-electron chi connectivity index (χ3n) is 2.19. The molecule has 0 aromatic heterocycles. The van der Waals surface area contributed by atoms with Crippen LogP contribution < -0.4 is 5.73 Å². The Morgan fingerprint density at radius 3 is 2.50 bits per heavy atom. The van der Waals surface area contributed by atoms with Gasteiger partial charge in [-0.25, -0.2) is 13.2 Å². The molecule has 0 saturated carbocycles. The molecule has 2 N–H and O–H groups in total. The molecule has 16 heavy (non-hydrogen) atoms. The number of hydrogen-bond acceptors (Lipinski definition) is 3. The number of halogens is 3. The van der Waals surface area contributed by atoms with Gasteiger partial charge in [-0.3, -0.25) is 10.1 Å². The van der Waals surface area contributed by atoms with Gasteiger partial charge in [-0.15, -0.1) is 0 Å². The van der Waals surface area contributed by atoms with Crippen LogP contribution in [0.15, 0.2) is 18.2 Å². The van der Waals surface area contributed by atoms with E-state index in [1.807, 2.05) is 0 Å². The molecule has 0 aliphatic carbocycles. The van der Waals surface area contributed by atoms with E-state index in [2.05, 4.69) is 0 Å². The molecule has 0 fully saturated rings. The molecule has 1 atom stereocenters. The van der Waals surface area contributed by atoms with Gasteiger partial charge in [0.25, 0.3) is 12.1 Å². The Bertz CT molecular complexity index is 421. The lowest BCUT2D eigenvalue weighted by Crippen LogP contribution is -2.41. The van der Waals surface area contributed by atoms with Gasteiger partial charge in [-0.1, -0.05) is 0 Å². The van der Waals surface area contributed by atoms with Gasteiger partial charge in [-0.05, 0) is 13.0 Å². The van der Waals surface area contributed by atoms with E-state index in [4.69, 9.17) is 5.73 Å². The van der Waals surface area contributed by atoms with Crippen molar-refractivity contribution < 1.29 is 18.1 Å². The zero-order valence-electron chi connectivity index (χ0n) is 8.28. The van der Waals surface area contributed by atoms with Crippen LogP contribution in [0.5, 0.6) is 0 Å². The summed E-state index contributed by atoms with van der Waals surface area (Å²) in [5.74, 6) is -0.990. The predicted molar refractivity (Wildman–Crippen MR) is 50.6 cm³/mol. The lowest BCUT2D eigenvalue weighted by Gasteiger charge is -2.24. The Labute approximate surface area is 89.0 Å². The number of nitrogens with two attached hydrogens (primary N) is 1. The van der Waals surface area contributed by atoms with Crippen molar-refractivity contribution in [2.75, 3.05) is 0 Å². The van der Waals surface area contributed by atoms with Crippen molar-refractivity contribution in [1.82, 2.24) is 0 Å². The minimum Gasteiger partial charge on any atom is -0.317 e. The van der Waals surface area contributed by atoms with Crippen LogP contribution >= 0.6 is 0 Å². The van der Waals surface area contributed by atoms with Gasteiger partial charge in [-0.2, -0.15) is 0 Å². The number of alkyl halides is 2. The quantitative estimate of drug-likeness (QED) is 0.643. The number of nitro benzene ring substituents is 1. The van der Waals surface area contributed by atoms with Gasteiger partial charge in [0.15, 0.2) is 0 Å².